The van der Waals surface area contributed by atoms with Crippen molar-refractivity contribution in [2.24, 2.45) is 0 Å². The van der Waals surface area contributed by atoms with E-state index >= 15 is 0 Å². The molecule has 0 aliphatic heterocycles. The second-order valence-electron chi connectivity index (χ2n) is 5.59. The molecule has 0 bridgehead atoms. The first-order valence-electron chi connectivity index (χ1n) is 8.01. The summed E-state index contributed by atoms with van der Waals surface area (Å²) < 4.78 is 5.16. The van der Waals surface area contributed by atoms with Gasteiger partial charge in [-0.1, -0.05) is 43.1 Å². The summed E-state index contributed by atoms with van der Waals surface area (Å²) in [5.74, 6) is 0.0578. The Hall–Kier alpha value is -2.18. The van der Waals surface area contributed by atoms with Gasteiger partial charge in [0.1, 0.15) is 17.3 Å². The molecule has 1 N–H and O–H groups in total. The van der Waals surface area contributed by atoms with Crippen molar-refractivity contribution in [3.63, 3.8) is 0 Å². The summed E-state index contributed by atoms with van der Waals surface area (Å²) in [4.78, 5) is 31.8. The molecule has 0 aliphatic carbocycles. The summed E-state index contributed by atoms with van der Waals surface area (Å²) in [6, 6.07) is 7.36. The maximum absolute atomic E-state index is 12.5. The molecule has 0 fully saturated rings. The molecule has 25 heavy (non-hydrogen) atoms. The average Bonchev–Trinajstić information content (AvgIpc) is 3.03. The van der Waals surface area contributed by atoms with Gasteiger partial charge in [-0.15, -0.1) is 11.3 Å². The predicted octanol–water partition coefficient (Wildman–Crippen LogP) is 4.54. The van der Waals surface area contributed by atoms with E-state index in [4.69, 9.17) is 16.3 Å². The van der Waals surface area contributed by atoms with E-state index in [1.807, 2.05) is 30.5 Å². The van der Waals surface area contributed by atoms with Crippen LogP contribution in [0.15, 0.2) is 34.4 Å². The third kappa shape index (κ3) is 3.91. The fourth-order valence-corrected chi connectivity index (χ4v) is 3.68. The number of hydrogen-bond donors (Lipinski definition) is 1. The molecule has 2 aromatic heterocycles. The molecule has 0 unspecified atom stereocenters. The second-order valence-corrected chi connectivity index (χ2v) is 6.85. The summed E-state index contributed by atoms with van der Waals surface area (Å²) in [5, 5.41) is 2.94. The molecule has 2 heterocycles. The zero-order valence-corrected chi connectivity index (χ0v) is 15.2. The van der Waals surface area contributed by atoms with Crippen molar-refractivity contribution in [3.05, 3.63) is 50.8 Å². The Balaban J connectivity index is 1.88. The summed E-state index contributed by atoms with van der Waals surface area (Å²) in [5.41, 5.74) is 1.29. The van der Waals surface area contributed by atoms with Crippen molar-refractivity contribution in [2.75, 3.05) is 0 Å². The number of rotatable bonds is 6. The molecule has 0 amide bonds. The smallest absolute Gasteiger partial charge is 0.306 e. The number of esters is 1. The van der Waals surface area contributed by atoms with E-state index in [1.54, 1.807) is 6.07 Å². The van der Waals surface area contributed by atoms with Gasteiger partial charge in [0.25, 0.3) is 5.56 Å². The number of fused-ring (bicyclic) bond motifs is 1. The zero-order valence-electron chi connectivity index (χ0n) is 13.7. The molecule has 1 aromatic carbocycles. The van der Waals surface area contributed by atoms with Crippen LogP contribution < -0.4 is 5.56 Å². The highest BCUT2D eigenvalue weighted by atomic mass is 35.5. The van der Waals surface area contributed by atoms with Crippen molar-refractivity contribution in [1.82, 2.24) is 9.97 Å². The first-order valence-corrected chi connectivity index (χ1v) is 9.26. The molecule has 0 saturated carbocycles. The summed E-state index contributed by atoms with van der Waals surface area (Å²) >= 11 is 7.60. The van der Waals surface area contributed by atoms with Gasteiger partial charge < -0.3 is 9.72 Å². The summed E-state index contributed by atoms with van der Waals surface area (Å²) in [6.45, 7) is 1.97. The van der Waals surface area contributed by atoms with Crippen LogP contribution in [0.3, 0.4) is 0 Å². The van der Waals surface area contributed by atoms with E-state index < -0.39 is 0 Å². The number of ether oxygens (including phenoxy) is 1. The normalized spacial score (nSPS) is 11.0. The molecule has 0 atom stereocenters. The van der Waals surface area contributed by atoms with E-state index in [9.17, 15) is 9.59 Å². The van der Waals surface area contributed by atoms with Gasteiger partial charge in [-0.25, -0.2) is 4.98 Å². The molecular formula is C18H17ClN2O3S. The van der Waals surface area contributed by atoms with Crippen molar-refractivity contribution in [3.8, 4) is 11.1 Å². The molecule has 0 saturated heterocycles. The van der Waals surface area contributed by atoms with Gasteiger partial charge in [-0.2, -0.15) is 0 Å². The number of nitrogens with one attached hydrogen (secondary N) is 1. The van der Waals surface area contributed by atoms with E-state index in [0.29, 0.717) is 27.5 Å². The molecule has 7 heteroatoms. The number of carbonyl (C=O) groups excluding carboxylic acids is 1. The van der Waals surface area contributed by atoms with Crippen molar-refractivity contribution >= 4 is 39.1 Å². The van der Waals surface area contributed by atoms with Crippen LogP contribution in [0.2, 0.25) is 5.02 Å². The first-order chi connectivity index (χ1) is 12.1. The molecule has 3 rings (SSSR count). The highest BCUT2D eigenvalue weighted by Gasteiger charge is 2.15. The SMILES string of the molecule is CCCCC(=O)OCc1nc2scc(-c3ccccc3Cl)c2c(=O)[nH]1. The van der Waals surface area contributed by atoms with Crippen LogP contribution in [-0.2, 0) is 16.1 Å². The number of halogens is 1. The van der Waals surface area contributed by atoms with Crippen LogP contribution in [0, 0.1) is 0 Å². The second kappa shape index (κ2) is 7.80. The van der Waals surface area contributed by atoms with Gasteiger partial charge in [-0.3, -0.25) is 9.59 Å². The van der Waals surface area contributed by atoms with Crippen LogP contribution >= 0.6 is 22.9 Å². The minimum absolute atomic E-state index is 0.0347. The summed E-state index contributed by atoms with van der Waals surface area (Å²) in [6.07, 6.45) is 2.09. The minimum Gasteiger partial charge on any atom is -0.458 e. The van der Waals surface area contributed by atoms with E-state index in [1.165, 1.54) is 11.3 Å². The van der Waals surface area contributed by atoms with Crippen molar-refractivity contribution in [1.29, 1.82) is 0 Å². The average molecular weight is 377 g/mol. The number of H-pyrrole nitrogens is 1. The Kier molecular flexibility index (Phi) is 5.50. The van der Waals surface area contributed by atoms with Gasteiger partial charge in [0.05, 0.1) is 5.39 Å². The van der Waals surface area contributed by atoms with E-state index in [2.05, 4.69) is 9.97 Å². The molecule has 3 aromatic rings. The Morgan fingerprint density at radius 3 is 2.88 bits per heavy atom. The third-order valence-corrected chi connectivity index (χ3v) is 4.96. The highest BCUT2D eigenvalue weighted by Crippen LogP contribution is 2.34. The van der Waals surface area contributed by atoms with E-state index in [-0.39, 0.29) is 18.1 Å². The molecule has 0 aliphatic rings. The van der Waals surface area contributed by atoms with Gasteiger partial charge in [0.15, 0.2) is 0 Å². The molecule has 0 spiro atoms. The van der Waals surface area contributed by atoms with E-state index in [0.717, 1.165) is 24.0 Å². The van der Waals surface area contributed by atoms with Gasteiger partial charge >= 0.3 is 5.97 Å². The number of unbranched alkanes of at least 4 members (excludes halogenated alkanes) is 1. The van der Waals surface area contributed by atoms with Crippen molar-refractivity contribution < 1.29 is 9.53 Å². The first kappa shape index (κ1) is 17.6. The molecule has 130 valence electrons. The highest BCUT2D eigenvalue weighted by molar-refractivity contribution is 7.17. The number of hydrogen-bond acceptors (Lipinski definition) is 5. The molecule has 0 radical (unpaired) electrons. The lowest BCUT2D eigenvalue weighted by atomic mass is 10.1. The maximum atomic E-state index is 12.5. The number of aromatic nitrogens is 2. The zero-order chi connectivity index (χ0) is 17.8. The van der Waals surface area contributed by atoms with Crippen LogP contribution in [0.4, 0.5) is 0 Å². The fraction of sp³-hybridized carbons (Fsp3) is 0.278. The fourth-order valence-electron chi connectivity index (χ4n) is 2.48. The monoisotopic (exact) mass is 376 g/mol. The Morgan fingerprint density at radius 2 is 2.12 bits per heavy atom. The molecular weight excluding hydrogens is 360 g/mol. The lowest BCUT2D eigenvalue weighted by Crippen LogP contribution is -2.14. The largest absolute Gasteiger partial charge is 0.458 e. The predicted molar refractivity (Wildman–Crippen MR) is 100 cm³/mol. The quantitative estimate of drug-likeness (QED) is 0.641. The topological polar surface area (TPSA) is 72.0 Å². The van der Waals surface area contributed by atoms with Gasteiger partial charge in [0, 0.05) is 28.0 Å². The van der Waals surface area contributed by atoms with Crippen LogP contribution in [0.25, 0.3) is 21.3 Å². The van der Waals surface area contributed by atoms with Crippen LogP contribution in [0.1, 0.15) is 32.0 Å². The van der Waals surface area contributed by atoms with Crippen LogP contribution in [-0.4, -0.2) is 15.9 Å². The lowest BCUT2D eigenvalue weighted by Gasteiger charge is -2.05. The maximum Gasteiger partial charge on any atom is 0.306 e. The Labute approximate surface area is 153 Å². The number of benzene rings is 1. The van der Waals surface area contributed by atoms with Gasteiger partial charge in [-0.05, 0) is 12.5 Å². The third-order valence-electron chi connectivity index (χ3n) is 3.76. The van der Waals surface area contributed by atoms with Crippen LogP contribution in [0.5, 0.6) is 0 Å². The van der Waals surface area contributed by atoms with Crippen molar-refractivity contribution in [2.45, 2.75) is 32.8 Å². The van der Waals surface area contributed by atoms with Gasteiger partial charge in [0.2, 0.25) is 0 Å². The lowest BCUT2D eigenvalue weighted by molar-refractivity contribution is -0.145. The molecule has 5 nitrogen and oxygen atoms in total. The minimum atomic E-state index is -0.285. The number of thiophene rings is 1. The summed E-state index contributed by atoms with van der Waals surface area (Å²) in [7, 11) is 0. The number of carbonyl (C=O) groups is 1. The Bertz CT molecular complexity index is 964. The standard InChI is InChI=1S/C18H17ClN2O3S/c1-2-3-8-15(22)24-9-14-20-17(23)16-12(10-25-18(16)21-14)11-6-4-5-7-13(11)19/h4-7,10H,2-3,8-9H2,1H3,(H,20,21,23). The number of nitrogens with zero attached hydrogens (tertiary/aromatic N) is 1. The Morgan fingerprint density at radius 1 is 1.32 bits per heavy atom. The number of aromatic amines is 1.